The zero-order valence-electron chi connectivity index (χ0n) is 56.5. The number of allylic oxidation sites excluding steroid dienone is 20. The van der Waals surface area contributed by atoms with E-state index in [0.29, 0.717) is 0 Å². The molecule has 0 aromatic carbocycles. The van der Waals surface area contributed by atoms with Crippen LogP contribution in [-0.2, 0) is 62.6 Å². The largest absolute Gasteiger partial charge is 0.412 e. The van der Waals surface area contributed by atoms with Crippen molar-refractivity contribution in [2.24, 2.45) is 43.3 Å². The second-order valence-corrected chi connectivity index (χ2v) is 32.0. The van der Waals surface area contributed by atoms with E-state index in [-0.39, 0.29) is 145 Å². The van der Waals surface area contributed by atoms with E-state index in [1.54, 1.807) is 0 Å². The Kier molecular flexibility index (Phi) is 27.3. The van der Waals surface area contributed by atoms with Crippen molar-refractivity contribution in [2.45, 2.75) is 242 Å². The number of hydrogen-bond acceptors (Lipinski definition) is 8. The van der Waals surface area contributed by atoms with E-state index in [4.69, 9.17) is 0 Å². The minimum Gasteiger partial charge on any atom is -0.412 e. The Balaban J connectivity index is 0.000000802. The van der Waals surface area contributed by atoms with Crippen LogP contribution in [0.3, 0.4) is 0 Å². The van der Waals surface area contributed by atoms with Crippen LogP contribution in [0.15, 0.2) is 140 Å². The molecule has 8 N–H and O–H groups in total. The average Bonchev–Trinajstić information content (AvgIpc) is 3.30. The van der Waals surface area contributed by atoms with Crippen molar-refractivity contribution in [2.75, 3.05) is 0 Å². The van der Waals surface area contributed by atoms with Crippen LogP contribution in [0.25, 0.3) is 0 Å². The molecule has 464 valence electrons. The molecule has 2 saturated carbocycles. The number of carbonyl (C=O) groups excluding carboxylic acids is 4. The van der Waals surface area contributed by atoms with E-state index in [1.165, 1.54) is 22.3 Å². The number of nitrogens with one attached hydrogen (secondary N) is 4. The molecule has 10 nitrogen and oxygen atoms in total. The summed E-state index contributed by atoms with van der Waals surface area (Å²) in [5.74, 6) is 0.406. The van der Waals surface area contributed by atoms with Gasteiger partial charge in [-0.3, -0.25) is 19.2 Å². The third-order valence-electron chi connectivity index (χ3n) is 16.5. The van der Waals surface area contributed by atoms with Gasteiger partial charge in [0.1, 0.15) is 0 Å². The van der Waals surface area contributed by atoms with Crippen LogP contribution in [-0.4, -0.2) is 58.3 Å². The van der Waals surface area contributed by atoms with Crippen LogP contribution in [0.4, 0.5) is 0 Å². The zero-order chi connectivity index (χ0) is 60.5. The molecule has 6 aliphatic carbocycles. The third-order valence-corrected chi connectivity index (χ3v) is 16.5. The Morgan fingerprint density at radius 3 is 0.571 bits per heavy atom. The minimum atomic E-state index is -0.228. The molecule has 0 aromatic heterocycles. The smallest absolute Gasteiger partial charge is 0.191 e. The predicted molar refractivity (Wildman–Crippen MR) is 345 cm³/mol. The quantitative estimate of drug-likeness (QED) is 0.137. The summed E-state index contributed by atoms with van der Waals surface area (Å²) in [4.78, 5) is 54.0. The molecule has 84 heavy (non-hydrogen) atoms. The molecule has 0 amide bonds. The van der Waals surface area contributed by atoms with Gasteiger partial charge in [0.05, 0.1) is 0 Å². The summed E-state index contributed by atoms with van der Waals surface area (Å²) in [6.07, 6.45) is 33.0. The van der Waals surface area contributed by atoms with Gasteiger partial charge in [-0.05, 0) is 116 Å². The molecule has 6 aliphatic rings. The third kappa shape index (κ3) is 20.6. The van der Waals surface area contributed by atoms with Gasteiger partial charge in [0.15, 0.2) is 23.1 Å². The van der Waals surface area contributed by atoms with E-state index in [2.05, 4.69) is 236 Å². The van der Waals surface area contributed by atoms with Crippen LogP contribution in [0.2, 0.25) is 0 Å². The van der Waals surface area contributed by atoms with Crippen molar-refractivity contribution in [1.82, 2.24) is 21.3 Å². The van der Waals surface area contributed by atoms with Crippen molar-refractivity contribution in [3.8, 4) is 0 Å². The van der Waals surface area contributed by atoms with E-state index in [0.717, 1.165) is 96.0 Å². The molecule has 0 radical (unpaired) electrons. The first-order valence-electron chi connectivity index (χ1n) is 30.2. The summed E-state index contributed by atoms with van der Waals surface area (Å²) in [7, 11) is 0. The predicted octanol–water partition coefficient (Wildman–Crippen LogP) is 14.9. The number of rotatable bonds is 8. The fraction of sp³-hybridized carbons (Fsp3) is 0.611. The van der Waals surface area contributed by atoms with Gasteiger partial charge in [0.25, 0.3) is 0 Å². The van der Waals surface area contributed by atoms with Crippen LogP contribution in [0.1, 0.15) is 218 Å². The molecule has 12 heteroatoms. The molecule has 0 saturated heterocycles. The van der Waals surface area contributed by atoms with E-state index in [1.807, 2.05) is 24.8 Å². The molecule has 4 atom stereocenters. The topological polar surface area (TPSA) is 179 Å². The fourth-order valence-electron chi connectivity index (χ4n) is 10.8. The normalized spacial score (nSPS) is 24.2. The Hall–Kier alpha value is -3.89. The number of Topliss-reactive ketones (excluding diaryl/α,β-unsaturated/α-hetero) is 4. The molecule has 0 aliphatic heterocycles. The number of hydrogen-bond donors (Lipinski definition) is 4. The number of ketones is 4. The molecule has 0 unspecified atom stereocenters. The fourth-order valence-corrected chi connectivity index (χ4v) is 10.8. The zero-order valence-corrected chi connectivity index (χ0v) is 59.7. The molecule has 0 aromatic rings. The second kappa shape index (κ2) is 29.4. The Labute approximate surface area is 539 Å². The van der Waals surface area contributed by atoms with Crippen LogP contribution < -0.4 is 21.3 Å². The molecular formula is C72H112N4O6Ti2. The molecule has 0 spiro atoms. The molecular weight excluding hydrogens is 1110 g/mol. The Morgan fingerprint density at radius 1 is 0.286 bits per heavy atom. The van der Waals surface area contributed by atoms with Crippen LogP contribution >= 0.6 is 0 Å². The van der Waals surface area contributed by atoms with Gasteiger partial charge in [0, 0.05) is 137 Å². The number of carbonyl (C=O) groups is 4. The summed E-state index contributed by atoms with van der Waals surface area (Å²) in [6.45, 7) is 51.6. The summed E-state index contributed by atoms with van der Waals surface area (Å²) in [5.41, 5.74) is 9.90. The van der Waals surface area contributed by atoms with Gasteiger partial charge in [-0.2, -0.15) is 0 Å². The molecule has 6 rings (SSSR count). The van der Waals surface area contributed by atoms with Gasteiger partial charge in [-0.25, -0.2) is 0 Å². The van der Waals surface area contributed by atoms with Crippen LogP contribution in [0, 0.1) is 43.3 Å². The summed E-state index contributed by atoms with van der Waals surface area (Å²) in [6, 6.07) is 0.681. The summed E-state index contributed by atoms with van der Waals surface area (Å²) >= 11 is 0. The molecule has 0 heterocycles. The average molecular weight is 1230 g/mol. The first-order chi connectivity index (χ1) is 36.4. The van der Waals surface area contributed by atoms with Gasteiger partial charge >= 0.3 is 0 Å². The second-order valence-electron chi connectivity index (χ2n) is 32.0. The van der Waals surface area contributed by atoms with Crippen molar-refractivity contribution in [1.29, 1.82) is 0 Å². The maximum Gasteiger partial charge on any atom is 0.191 e. The van der Waals surface area contributed by atoms with E-state index < -0.39 is 0 Å². The van der Waals surface area contributed by atoms with Crippen molar-refractivity contribution in [3.05, 3.63) is 140 Å². The van der Waals surface area contributed by atoms with Gasteiger partial charge < -0.3 is 32.2 Å². The summed E-state index contributed by atoms with van der Waals surface area (Å²) < 4.78 is 0. The maximum absolute atomic E-state index is 13.5. The monoisotopic (exact) mass is 1220 g/mol. The van der Waals surface area contributed by atoms with Gasteiger partial charge in [0.2, 0.25) is 0 Å². The van der Waals surface area contributed by atoms with Gasteiger partial charge in [-0.15, -0.1) is 0 Å². The Bertz CT molecular complexity index is 2430. The Morgan fingerprint density at radius 2 is 0.440 bits per heavy atom. The molecule has 0 bridgehead atoms. The first-order valence-corrected chi connectivity index (χ1v) is 30.2. The first kappa shape index (κ1) is 78.1. The molecule has 2 fully saturated rings. The van der Waals surface area contributed by atoms with Crippen molar-refractivity contribution >= 4 is 23.1 Å². The van der Waals surface area contributed by atoms with Gasteiger partial charge in [-0.1, -0.05) is 216 Å². The SMILES string of the molecule is CC(C)(C)C1=C/C(=C/N[C@@H]2CCCC[C@H]2N/C=C2/C=C(C(C)(C)C)C=C(C(C)(C)C)C2=O)C(=O)C(C(C)(C)C)=C1.CC(C)(C)C1=C/C(=C/N[C@@H]2CCCC[C@H]2N/C=C2/C=C(C(C)(C)C)C=C(C(C)(C)C)C2=O)C(=O)C(C(C)(C)C)=C1.O.O.[Ti].[Ti]. The van der Waals surface area contributed by atoms with E-state index >= 15 is 0 Å². The minimum absolute atomic E-state index is 0. The maximum atomic E-state index is 13.5. The van der Waals surface area contributed by atoms with Crippen molar-refractivity contribution in [3.63, 3.8) is 0 Å². The van der Waals surface area contributed by atoms with Crippen molar-refractivity contribution < 1.29 is 73.6 Å². The summed E-state index contributed by atoms with van der Waals surface area (Å²) in [5, 5.41) is 14.5. The van der Waals surface area contributed by atoms with E-state index in [9.17, 15) is 19.2 Å². The van der Waals surface area contributed by atoms with Crippen LogP contribution in [0.5, 0.6) is 0 Å². The standard InChI is InChI=1S/2C36H54N2O2.2H2O.2Ti/c2*1-33(2,3)25-17-23(31(39)27(19-25)35(7,8)9)21-37-29-15-13-14-16-30(29)38-22-24-18-26(34(4,5)6)20-28(32(24)40)36(10,11)12;;;;/h2*17-22,29-30,37-38H,13-16H2,1-12H3;2*1H2;;/b2*23-21-,24-22-;;;;/t2*29-,30-;;;;/m11..../s1.